The van der Waals surface area contributed by atoms with Gasteiger partial charge in [0.15, 0.2) is 10.9 Å². The quantitative estimate of drug-likeness (QED) is 0.674. The lowest BCUT2D eigenvalue weighted by Gasteiger charge is -2.03. The Bertz CT molecular complexity index is 280. The standard InChI is InChI=1S/C7H6ClF2NO/c1-12-5-2-4(7(9)10)3-11-6(5)8/h2-3,7H,1H3. The fourth-order valence-electron chi connectivity index (χ4n) is 0.706. The van der Waals surface area contributed by atoms with Crippen LogP contribution in [0.3, 0.4) is 0 Å². The molecule has 0 aliphatic heterocycles. The molecular formula is C7H6ClF2NO. The molecule has 5 heteroatoms. The van der Waals surface area contributed by atoms with Crippen molar-refractivity contribution < 1.29 is 13.5 Å². The molecule has 12 heavy (non-hydrogen) atoms. The highest BCUT2D eigenvalue weighted by Crippen LogP contribution is 2.27. The summed E-state index contributed by atoms with van der Waals surface area (Å²) in [6.45, 7) is 0. The average Bonchev–Trinajstić information content (AvgIpc) is 2.05. The first-order valence-electron chi connectivity index (χ1n) is 3.12. The second-order valence-corrected chi connectivity index (χ2v) is 2.42. The molecule has 1 aromatic heterocycles. The molecule has 0 aliphatic rings. The maximum absolute atomic E-state index is 12.1. The molecule has 0 unspecified atom stereocenters. The van der Waals surface area contributed by atoms with E-state index < -0.39 is 6.43 Å². The summed E-state index contributed by atoms with van der Waals surface area (Å²) < 4.78 is 28.9. The van der Waals surface area contributed by atoms with E-state index in [1.807, 2.05) is 0 Å². The third-order valence-corrected chi connectivity index (χ3v) is 1.58. The van der Waals surface area contributed by atoms with Crippen LogP contribution in [0, 0.1) is 0 Å². The summed E-state index contributed by atoms with van der Waals surface area (Å²) in [5, 5.41) is 0.0851. The normalized spacial score (nSPS) is 10.4. The van der Waals surface area contributed by atoms with E-state index >= 15 is 0 Å². The van der Waals surface area contributed by atoms with Crippen LogP contribution in [0.2, 0.25) is 5.15 Å². The van der Waals surface area contributed by atoms with Gasteiger partial charge < -0.3 is 4.74 Å². The van der Waals surface area contributed by atoms with E-state index in [9.17, 15) is 8.78 Å². The predicted octanol–water partition coefficient (Wildman–Crippen LogP) is 2.68. The van der Waals surface area contributed by atoms with Gasteiger partial charge >= 0.3 is 0 Å². The molecule has 0 radical (unpaired) electrons. The predicted molar refractivity (Wildman–Crippen MR) is 40.8 cm³/mol. The Hall–Kier alpha value is -0.900. The van der Waals surface area contributed by atoms with Crippen LogP contribution >= 0.6 is 11.6 Å². The van der Waals surface area contributed by atoms with Gasteiger partial charge in [0.25, 0.3) is 6.43 Å². The molecule has 0 saturated carbocycles. The second kappa shape index (κ2) is 3.67. The molecule has 0 aromatic carbocycles. The van der Waals surface area contributed by atoms with Crippen molar-refractivity contribution in [2.24, 2.45) is 0 Å². The van der Waals surface area contributed by atoms with Gasteiger partial charge in [-0.05, 0) is 6.07 Å². The lowest BCUT2D eigenvalue weighted by atomic mass is 10.3. The summed E-state index contributed by atoms with van der Waals surface area (Å²) >= 11 is 5.52. The maximum atomic E-state index is 12.1. The van der Waals surface area contributed by atoms with Crippen LogP contribution in [0.5, 0.6) is 5.75 Å². The van der Waals surface area contributed by atoms with Gasteiger partial charge in [-0.1, -0.05) is 11.6 Å². The van der Waals surface area contributed by atoms with Gasteiger partial charge in [0.2, 0.25) is 0 Å². The van der Waals surface area contributed by atoms with E-state index in [4.69, 9.17) is 16.3 Å². The van der Waals surface area contributed by atoms with Crippen molar-refractivity contribution in [1.29, 1.82) is 0 Å². The van der Waals surface area contributed by atoms with Crippen molar-refractivity contribution in [1.82, 2.24) is 4.98 Å². The van der Waals surface area contributed by atoms with E-state index in [0.717, 1.165) is 6.20 Å². The first-order chi connectivity index (χ1) is 5.65. The smallest absolute Gasteiger partial charge is 0.265 e. The molecule has 1 rings (SSSR count). The van der Waals surface area contributed by atoms with Crippen LogP contribution in [0.15, 0.2) is 12.3 Å². The molecule has 0 N–H and O–H groups in total. The second-order valence-electron chi connectivity index (χ2n) is 2.06. The van der Waals surface area contributed by atoms with E-state index in [1.165, 1.54) is 13.2 Å². The van der Waals surface area contributed by atoms with Crippen molar-refractivity contribution >= 4 is 11.6 Å². The molecule has 1 heterocycles. The molecule has 0 atom stereocenters. The minimum atomic E-state index is -2.55. The molecule has 2 nitrogen and oxygen atoms in total. The van der Waals surface area contributed by atoms with Gasteiger partial charge in [0, 0.05) is 11.8 Å². The highest BCUT2D eigenvalue weighted by atomic mass is 35.5. The van der Waals surface area contributed by atoms with Crippen molar-refractivity contribution in [3.63, 3.8) is 0 Å². The minimum absolute atomic E-state index is 0.0851. The summed E-state index contributed by atoms with van der Waals surface area (Å²) in [5.41, 5.74) is -0.198. The van der Waals surface area contributed by atoms with E-state index in [-0.39, 0.29) is 16.5 Å². The number of hydrogen-bond acceptors (Lipinski definition) is 2. The highest BCUT2D eigenvalue weighted by Gasteiger charge is 2.10. The molecule has 0 bridgehead atoms. The molecule has 0 fully saturated rings. The third kappa shape index (κ3) is 1.82. The van der Waals surface area contributed by atoms with Gasteiger partial charge in [-0.2, -0.15) is 0 Å². The molecule has 0 amide bonds. The van der Waals surface area contributed by atoms with Crippen molar-refractivity contribution in [3.05, 3.63) is 23.0 Å². The van der Waals surface area contributed by atoms with Crippen molar-refractivity contribution in [2.75, 3.05) is 7.11 Å². The Morgan fingerprint density at radius 2 is 2.25 bits per heavy atom. The number of pyridine rings is 1. The van der Waals surface area contributed by atoms with Crippen LogP contribution in [-0.4, -0.2) is 12.1 Å². The van der Waals surface area contributed by atoms with Gasteiger partial charge in [-0.15, -0.1) is 0 Å². The molecule has 0 spiro atoms. The van der Waals surface area contributed by atoms with Crippen molar-refractivity contribution in [2.45, 2.75) is 6.43 Å². The number of nitrogens with zero attached hydrogens (tertiary/aromatic N) is 1. The number of ether oxygens (including phenoxy) is 1. The average molecular weight is 194 g/mol. The van der Waals surface area contributed by atoms with Crippen molar-refractivity contribution in [3.8, 4) is 5.75 Å². The van der Waals surface area contributed by atoms with Gasteiger partial charge in [0.1, 0.15) is 0 Å². The Morgan fingerprint density at radius 1 is 1.58 bits per heavy atom. The Balaban J connectivity index is 3.05. The maximum Gasteiger partial charge on any atom is 0.265 e. The van der Waals surface area contributed by atoms with Crippen LogP contribution < -0.4 is 4.74 Å². The first kappa shape index (κ1) is 9.19. The minimum Gasteiger partial charge on any atom is -0.494 e. The number of rotatable bonds is 2. The van der Waals surface area contributed by atoms with E-state index in [1.54, 1.807) is 0 Å². The fourth-order valence-corrected chi connectivity index (χ4v) is 0.886. The fraction of sp³-hybridized carbons (Fsp3) is 0.286. The topological polar surface area (TPSA) is 22.1 Å². The van der Waals surface area contributed by atoms with Crippen LogP contribution in [-0.2, 0) is 0 Å². The summed E-state index contributed by atoms with van der Waals surface area (Å²) in [6.07, 6.45) is -1.53. The number of methoxy groups -OCH3 is 1. The number of alkyl halides is 2. The Kier molecular flexibility index (Phi) is 2.81. The summed E-state index contributed by atoms with van der Waals surface area (Å²) in [4.78, 5) is 3.53. The summed E-state index contributed by atoms with van der Waals surface area (Å²) in [7, 11) is 1.35. The molecule has 66 valence electrons. The molecular weight excluding hydrogens is 188 g/mol. The monoisotopic (exact) mass is 193 g/mol. The lowest BCUT2D eigenvalue weighted by Crippen LogP contribution is -1.91. The zero-order valence-electron chi connectivity index (χ0n) is 6.22. The van der Waals surface area contributed by atoms with Crippen LogP contribution in [0.25, 0.3) is 0 Å². The molecule has 0 aliphatic carbocycles. The van der Waals surface area contributed by atoms with Crippen LogP contribution in [0.1, 0.15) is 12.0 Å². The summed E-state index contributed by atoms with van der Waals surface area (Å²) in [5.74, 6) is 0.162. The lowest BCUT2D eigenvalue weighted by molar-refractivity contribution is 0.150. The zero-order chi connectivity index (χ0) is 9.14. The number of aromatic nitrogens is 1. The molecule has 1 aromatic rings. The zero-order valence-corrected chi connectivity index (χ0v) is 6.98. The van der Waals surface area contributed by atoms with Gasteiger partial charge in [-0.25, -0.2) is 13.8 Å². The summed E-state index contributed by atoms with van der Waals surface area (Å²) in [6, 6.07) is 1.17. The SMILES string of the molecule is COc1cc(C(F)F)cnc1Cl. The Morgan fingerprint density at radius 3 is 2.75 bits per heavy atom. The van der Waals surface area contributed by atoms with E-state index in [0.29, 0.717) is 0 Å². The van der Waals surface area contributed by atoms with E-state index in [2.05, 4.69) is 4.98 Å². The van der Waals surface area contributed by atoms with Gasteiger partial charge in [0.05, 0.1) is 7.11 Å². The number of hydrogen-bond donors (Lipinski definition) is 0. The van der Waals surface area contributed by atoms with Crippen LogP contribution in [0.4, 0.5) is 8.78 Å². The Labute approximate surface area is 73.1 Å². The first-order valence-corrected chi connectivity index (χ1v) is 3.50. The third-order valence-electron chi connectivity index (χ3n) is 1.30. The van der Waals surface area contributed by atoms with Gasteiger partial charge in [-0.3, -0.25) is 0 Å². The molecule has 0 saturated heterocycles. The highest BCUT2D eigenvalue weighted by molar-refractivity contribution is 6.30. The largest absolute Gasteiger partial charge is 0.494 e. The number of halogens is 3.